The third-order valence-electron chi connectivity index (χ3n) is 3.01. The third-order valence-corrected chi connectivity index (χ3v) is 3.83. The number of benzene rings is 2. The number of anilines is 1. The summed E-state index contributed by atoms with van der Waals surface area (Å²) in [7, 11) is 0. The van der Waals surface area contributed by atoms with E-state index in [4.69, 9.17) is 23.2 Å². The monoisotopic (exact) mass is 340 g/mol. The van der Waals surface area contributed by atoms with Crippen LogP contribution in [0.15, 0.2) is 42.5 Å². The van der Waals surface area contributed by atoms with Crippen molar-refractivity contribution in [3.8, 4) is 0 Å². The Hall–Kier alpha value is -1.62. The first-order chi connectivity index (χ1) is 10.6. The van der Waals surface area contributed by atoms with Crippen LogP contribution in [0.2, 0.25) is 10.0 Å². The zero-order valence-electron chi connectivity index (χ0n) is 11.7. The second-order valence-electron chi connectivity index (χ2n) is 4.70. The summed E-state index contributed by atoms with van der Waals surface area (Å²) in [6, 6.07) is 11.3. The SMILES string of the molecule is O=C(CNCCc1ccc(F)cc1)Nc1cccc(Cl)c1Cl. The van der Waals surface area contributed by atoms with E-state index < -0.39 is 0 Å². The fraction of sp³-hybridized carbons (Fsp3) is 0.188. The molecule has 0 aliphatic heterocycles. The maximum atomic E-state index is 12.8. The van der Waals surface area contributed by atoms with Crippen LogP contribution in [0.5, 0.6) is 0 Å². The van der Waals surface area contributed by atoms with E-state index in [0.717, 1.165) is 5.56 Å². The first-order valence-electron chi connectivity index (χ1n) is 6.75. The Bertz CT molecular complexity index is 647. The highest BCUT2D eigenvalue weighted by Gasteiger charge is 2.07. The lowest BCUT2D eigenvalue weighted by atomic mass is 10.1. The van der Waals surface area contributed by atoms with Gasteiger partial charge in [-0.2, -0.15) is 0 Å². The second-order valence-corrected chi connectivity index (χ2v) is 5.49. The molecule has 2 aromatic rings. The van der Waals surface area contributed by atoms with Gasteiger partial charge in [0.2, 0.25) is 5.91 Å². The van der Waals surface area contributed by atoms with Crippen LogP contribution in [0, 0.1) is 5.82 Å². The molecule has 0 fully saturated rings. The van der Waals surface area contributed by atoms with Gasteiger partial charge in [-0.15, -0.1) is 0 Å². The van der Waals surface area contributed by atoms with Crippen molar-refractivity contribution in [2.45, 2.75) is 6.42 Å². The number of halogens is 3. The lowest BCUT2D eigenvalue weighted by Gasteiger charge is -2.09. The van der Waals surface area contributed by atoms with Gasteiger partial charge in [0.15, 0.2) is 0 Å². The zero-order chi connectivity index (χ0) is 15.9. The van der Waals surface area contributed by atoms with E-state index in [1.54, 1.807) is 30.3 Å². The standard InChI is InChI=1S/C16H15Cl2FN2O/c17-13-2-1-3-14(16(13)18)21-15(22)10-20-9-8-11-4-6-12(19)7-5-11/h1-7,20H,8-10H2,(H,21,22). The second kappa shape index (κ2) is 8.13. The minimum absolute atomic E-state index is 0.157. The Labute approximate surface area is 138 Å². The van der Waals surface area contributed by atoms with Crippen LogP contribution in [0.3, 0.4) is 0 Å². The van der Waals surface area contributed by atoms with Crippen molar-refractivity contribution >= 4 is 34.8 Å². The molecule has 0 heterocycles. The minimum atomic E-state index is -0.255. The highest BCUT2D eigenvalue weighted by molar-refractivity contribution is 6.43. The molecule has 0 saturated carbocycles. The van der Waals surface area contributed by atoms with E-state index in [1.165, 1.54) is 12.1 Å². The van der Waals surface area contributed by atoms with Gasteiger partial charge in [0.25, 0.3) is 0 Å². The van der Waals surface area contributed by atoms with Crippen molar-refractivity contribution in [2.24, 2.45) is 0 Å². The van der Waals surface area contributed by atoms with E-state index in [9.17, 15) is 9.18 Å². The van der Waals surface area contributed by atoms with Crippen LogP contribution in [-0.2, 0) is 11.2 Å². The molecule has 0 bridgehead atoms. The molecule has 2 rings (SSSR count). The average Bonchev–Trinajstić information content (AvgIpc) is 2.50. The third kappa shape index (κ3) is 4.98. The highest BCUT2D eigenvalue weighted by atomic mass is 35.5. The number of carbonyl (C=O) groups excluding carboxylic acids is 1. The fourth-order valence-corrected chi connectivity index (χ4v) is 2.23. The summed E-state index contributed by atoms with van der Waals surface area (Å²) in [5, 5.41) is 6.43. The minimum Gasteiger partial charge on any atom is -0.324 e. The highest BCUT2D eigenvalue weighted by Crippen LogP contribution is 2.29. The molecule has 2 aromatic carbocycles. The average molecular weight is 341 g/mol. The molecule has 0 radical (unpaired) electrons. The number of carbonyl (C=O) groups is 1. The molecule has 0 aromatic heterocycles. The van der Waals surface area contributed by atoms with Crippen molar-refractivity contribution < 1.29 is 9.18 Å². The smallest absolute Gasteiger partial charge is 0.238 e. The molecular formula is C16H15Cl2FN2O. The van der Waals surface area contributed by atoms with E-state index in [2.05, 4.69) is 10.6 Å². The predicted molar refractivity (Wildman–Crippen MR) is 88.1 cm³/mol. The van der Waals surface area contributed by atoms with Crippen molar-refractivity contribution in [1.82, 2.24) is 5.32 Å². The fourth-order valence-electron chi connectivity index (χ4n) is 1.88. The van der Waals surface area contributed by atoms with Crippen LogP contribution < -0.4 is 10.6 Å². The van der Waals surface area contributed by atoms with Crippen LogP contribution >= 0.6 is 23.2 Å². The molecule has 0 aliphatic carbocycles. The summed E-state index contributed by atoms with van der Waals surface area (Å²) in [4.78, 5) is 11.8. The normalized spacial score (nSPS) is 10.5. The Morgan fingerprint density at radius 2 is 1.82 bits per heavy atom. The van der Waals surface area contributed by atoms with E-state index >= 15 is 0 Å². The van der Waals surface area contributed by atoms with E-state index in [0.29, 0.717) is 28.7 Å². The molecule has 2 N–H and O–H groups in total. The molecule has 0 aliphatic rings. The Morgan fingerprint density at radius 1 is 1.09 bits per heavy atom. The van der Waals surface area contributed by atoms with Crippen molar-refractivity contribution in [1.29, 1.82) is 0 Å². The number of rotatable bonds is 6. The quantitative estimate of drug-likeness (QED) is 0.783. The lowest BCUT2D eigenvalue weighted by molar-refractivity contribution is -0.115. The number of hydrogen-bond donors (Lipinski definition) is 2. The van der Waals surface area contributed by atoms with Gasteiger partial charge < -0.3 is 10.6 Å². The van der Waals surface area contributed by atoms with Crippen LogP contribution in [0.1, 0.15) is 5.56 Å². The Morgan fingerprint density at radius 3 is 2.55 bits per heavy atom. The maximum Gasteiger partial charge on any atom is 0.238 e. The summed E-state index contributed by atoms with van der Waals surface area (Å²) >= 11 is 11.9. The zero-order valence-corrected chi connectivity index (χ0v) is 13.2. The van der Waals surface area contributed by atoms with Gasteiger partial charge in [0.1, 0.15) is 5.82 Å². The maximum absolute atomic E-state index is 12.8. The molecule has 0 spiro atoms. The Kier molecular flexibility index (Phi) is 6.19. The van der Waals surface area contributed by atoms with Gasteiger partial charge in [-0.3, -0.25) is 4.79 Å². The molecule has 0 saturated heterocycles. The summed E-state index contributed by atoms with van der Waals surface area (Å²) < 4.78 is 12.8. The van der Waals surface area contributed by atoms with Gasteiger partial charge in [0.05, 0.1) is 22.3 Å². The summed E-state index contributed by atoms with van der Waals surface area (Å²) in [5.74, 6) is -0.460. The van der Waals surface area contributed by atoms with Crippen molar-refractivity contribution in [3.05, 3.63) is 63.9 Å². The van der Waals surface area contributed by atoms with Crippen molar-refractivity contribution in [3.63, 3.8) is 0 Å². The van der Waals surface area contributed by atoms with Gasteiger partial charge in [-0.25, -0.2) is 4.39 Å². The molecule has 116 valence electrons. The summed E-state index contributed by atoms with van der Waals surface area (Å²) in [6.45, 7) is 0.770. The van der Waals surface area contributed by atoms with Gasteiger partial charge >= 0.3 is 0 Å². The first-order valence-corrected chi connectivity index (χ1v) is 7.51. The van der Waals surface area contributed by atoms with Gasteiger partial charge in [0, 0.05) is 0 Å². The van der Waals surface area contributed by atoms with E-state index in [1.807, 2.05) is 0 Å². The molecular weight excluding hydrogens is 326 g/mol. The van der Waals surface area contributed by atoms with Crippen LogP contribution in [-0.4, -0.2) is 19.0 Å². The molecule has 22 heavy (non-hydrogen) atoms. The number of hydrogen-bond acceptors (Lipinski definition) is 2. The first kappa shape index (κ1) is 16.7. The molecule has 1 amide bonds. The summed E-state index contributed by atoms with van der Waals surface area (Å²) in [5.41, 5.74) is 1.49. The van der Waals surface area contributed by atoms with Crippen LogP contribution in [0.4, 0.5) is 10.1 Å². The lowest BCUT2D eigenvalue weighted by Crippen LogP contribution is -2.29. The predicted octanol–water partition coefficient (Wildman–Crippen LogP) is 3.90. The largest absolute Gasteiger partial charge is 0.324 e. The topological polar surface area (TPSA) is 41.1 Å². The van der Waals surface area contributed by atoms with Crippen molar-refractivity contribution in [2.75, 3.05) is 18.4 Å². The Balaban J connectivity index is 1.74. The molecule has 6 heteroatoms. The van der Waals surface area contributed by atoms with E-state index in [-0.39, 0.29) is 18.3 Å². The number of nitrogens with one attached hydrogen (secondary N) is 2. The molecule has 0 atom stereocenters. The number of amides is 1. The molecule has 0 unspecified atom stereocenters. The molecule has 3 nitrogen and oxygen atoms in total. The van der Waals surface area contributed by atoms with Crippen LogP contribution in [0.25, 0.3) is 0 Å². The van der Waals surface area contributed by atoms with Gasteiger partial charge in [-0.05, 0) is 42.8 Å². The van der Waals surface area contributed by atoms with Gasteiger partial charge in [-0.1, -0.05) is 41.4 Å². The summed E-state index contributed by atoms with van der Waals surface area (Å²) in [6.07, 6.45) is 0.714.